The Kier molecular flexibility index (Phi) is 7.19. The van der Waals surface area contributed by atoms with E-state index in [1.165, 1.54) is 29.3 Å². The van der Waals surface area contributed by atoms with E-state index in [0.717, 1.165) is 10.5 Å². The Hall–Kier alpha value is -4.68. The topological polar surface area (TPSA) is 135 Å². The van der Waals surface area contributed by atoms with Gasteiger partial charge in [0.15, 0.2) is 6.04 Å². The number of rotatable bonds is 6. The van der Waals surface area contributed by atoms with Crippen LogP contribution in [0.1, 0.15) is 5.56 Å². The second-order valence-electron chi connectivity index (χ2n) is 8.56. The SMILES string of the molecule is Cc1ccc(N2CCN(C=O)C(C(OC(=O)C(F)(F)F)C(=O)Nc3ccc4c(N)nccc4c3)C2=O)cc1. The second kappa shape index (κ2) is 10.4. The van der Waals surface area contributed by atoms with Gasteiger partial charge in [-0.15, -0.1) is 0 Å². The van der Waals surface area contributed by atoms with Crippen LogP contribution in [0.15, 0.2) is 54.7 Å². The molecule has 3 amide bonds. The summed E-state index contributed by atoms with van der Waals surface area (Å²) >= 11 is 0. The number of anilines is 3. The Morgan fingerprint density at radius 3 is 2.53 bits per heavy atom. The van der Waals surface area contributed by atoms with Crippen molar-refractivity contribution in [3.05, 3.63) is 60.3 Å². The van der Waals surface area contributed by atoms with Crippen molar-refractivity contribution in [3.63, 3.8) is 0 Å². The van der Waals surface area contributed by atoms with E-state index in [9.17, 15) is 32.3 Å². The number of piperazine rings is 1. The molecular formula is C25H22F3N5O5. The van der Waals surface area contributed by atoms with E-state index in [2.05, 4.69) is 15.0 Å². The number of alkyl halides is 3. The number of nitrogens with two attached hydrogens (primary N) is 1. The van der Waals surface area contributed by atoms with Gasteiger partial charge in [-0.3, -0.25) is 14.4 Å². The van der Waals surface area contributed by atoms with E-state index >= 15 is 0 Å². The number of carbonyl (C=O) groups is 4. The first-order valence-corrected chi connectivity index (χ1v) is 11.3. The van der Waals surface area contributed by atoms with E-state index in [4.69, 9.17) is 5.73 Å². The third kappa shape index (κ3) is 5.36. The molecule has 198 valence electrons. The van der Waals surface area contributed by atoms with E-state index in [0.29, 0.717) is 16.5 Å². The molecule has 0 aliphatic carbocycles. The van der Waals surface area contributed by atoms with Crippen LogP contribution in [0.25, 0.3) is 10.8 Å². The van der Waals surface area contributed by atoms with Crippen LogP contribution in [0, 0.1) is 6.92 Å². The van der Waals surface area contributed by atoms with Gasteiger partial charge in [0, 0.05) is 36.0 Å². The van der Waals surface area contributed by atoms with Gasteiger partial charge in [-0.05, 0) is 48.7 Å². The molecule has 1 fully saturated rings. The maximum atomic E-state index is 13.5. The molecule has 3 N–H and O–H groups in total. The molecule has 1 aliphatic rings. The molecular weight excluding hydrogens is 507 g/mol. The fourth-order valence-corrected chi connectivity index (χ4v) is 4.10. The number of hydrogen-bond acceptors (Lipinski definition) is 7. The maximum Gasteiger partial charge on any atom is 0.490 e. The number of nitrogen functional groups attached to an aromatic ring is 1. The van der Waals surface area contributed by atoms with Crippen molar-refractivity contribution in [2.24, 2.45) is 0 Å². The number of ether oxygens (including phenoxy) is 1. The number of nitrogens with zero attached hydrogens (tertiary/aromatic N) is 3. The number of benzene rings is 2. The largest absolute Gasteiger partial charge is 0.490 e. The van der Waals surface area contributed by atoms with Crippen LogP contribution < -0.4 is 16.0 Å². The minimum atomic E-state index is -5.45. The molecule has 2 heterocycles. The van der Waals surface area contributed by atoms with E-state index in [1.54, 1.807) is 30.3 Å². The summed E-state index contributed by atoms with van der Waals surface area (Å²) in [4.78, 5) is 56.3. The van der Waals surface area contributed by atoms with Gasteiger partial charge in [0.05, 0.1) is 0 Å². The normalized spacial score (nSPS) is 16.7. The lowest BCUT2D eigenvalue weighted by molar-refractivity contribution is -0.207. The van der Waals surface area contributed by atoms with Gasteiger partial charge in [-0.25, -0.2) is 9.78 Å². The fourth-order valence-electron chi connectivity index (χ4n) is 4.10. The van der Waals surface area contributed by atoms with Crippen molar-refractivity contribution in [1.82, 2.24) is 9.88 Å². The molecule has 1 saturated heterocycles. The number of halogens is 3. The molecule has 38 heavy (non-hydrogen) atoms. The lowest BCUT2D eigenvalue weighted by Gasteiger charge is -2.41. The molecule has 0 bridgehead atoms. The molecule has 2 atom stereocenters. The number of esters is 1. The number of fused-ring (bicyclic) bond motifs is 1. The zero-order valence-electron chi connectivity index (χ0n) is 19.9. The van der Waals surface area contributed by atoms with Gasteiger partial charge in [0.2, 0.25) is 12.5 Å². The molecule has 13 heteroatoms. The first kappa shape index (κ1) is 26.4. The Bertz CT molecular complexity index is 1400. The van der Waals surface area contributed by atoms with E-state index in [-0.39, 0.29) is 31.0 Å². The molecule has 4 rings (SSSR count). The van der Waals surface area contributed by atoms with Crippen molar-refractivity contribution in [3.8, 4) is 0 Å². The predicted molar refractivity (Wildman–Crippen MR) is 131 cm³/mol. The van der Waals surface area contributed by atoms with Gasteiger partial charge < -0.3 is 25.6 Å². The summed E-state index contributed by atoms with van der Waals surface area (Å²) in [6.45, 7) is 1.72. The summed E-state index contributed by atoms with van der Waals surface area (Å²) < 4.78 is 43.9. The summed E-state index contributed by atoms with van der Waals surface area (Å²) in [5, 5.41) is 3.50. The Morgan fingerprint density at radius 2 is 1.87 bits per heavy atom. The quantitative estimate of drug-likeness (QED) is 0.370. The zero-order chi connectivity index (χ0) is 27.6. The highest BCUT2D eigenvalue weighted by atomic mass is 19.4. The average Bonchev–Trinajstić information content (AvgIpc) is 2.87. The molecule has 10 nitrogen and oxygen atoms in total. The molecule has 3 aromatic rings. The second-order valence-corrected chi connectivity index (χ2v) is 8.56. The average molecular weight is 529 g/mol. The van der Waals surface area contributed by atoms with Crippen LogP contribution in [0.3, 0.4) is 0 Å². The summed E-state index contributed by atoms with van der Waals surface area (Å²) in [6, 6.07) is 10.9. The molecule has 1 aromatic heterocycles. The maximum absolute atomic E-state index is 13.5. The van der Waals surface area contributed by atoms with Crippen LogP contribution >= 0.6 is 0 Å². The molecule has 2 unspecified atom stereocenters. The third-order valence-electron chi connectivity index (χ3n) is 6.01. The van der Waals surface area contributed by atoms with Crippen LogP contribution in [-0.2, 0) is 23.9 Å². The van der Waals surface area contributed by atoms with E-state index in [1.807, 2.05) is 6.92 Å². The molecule has 2 aromatic carbocycles. The number of amides is 3. The van der Waals surface area contributed by atoms with Crippen molar-refractivity contribution in [2.45, 2.75) is 25.2 Å². The number of aryl methyl sites for hydroxylation is 1. The van der Waals surface area contributed by atoms with Crippen molar-refractivity contribution in [1.29, 1.82) is 0 Å². The number of pyridine rings is 1. The smallest absolute Gasteiger partial charge is 0.443 e. The van der Waals surface area contributed by atoms with Crippen molar-refractivity contribution >= 4 is 52.2 Å². The highest BCUT2D eigenvalue weighted by molar-refractivity contribution is 6.06. The Morgan fingerprint density at radius 1 is 1.16 bits per heavy atom. The molecule has 0 saturated carbocycles. The monoisotopic (exact) mass is 529 g/mol. The summed E-state index contributed by atoms with van der Waals surface area (Å²) in [5.41, 5.74) is 7.24. The van der Waals surface area contributed by atoms with Gasteiger partial charge in [0.1, 0.15) is 5.82 Å². The minimum Gasteiger partial charge on any atom is -0.443 e. The molecule has 0 radical (unpaired) electrons. The van der Waals surface area contributed by atoms with Gasteiger partial charge >= 0.3 is 12.1 Å². The lowest BCUT2D eigenvalue weighted by atomic mass is 10.0. The standard InChI is InChI=1S/C25H22F3N5O5/c1-14-2-5-17(6-3-14)33-11-10-32(13-34)19(23(33)36)20(38-24(37)25(26,27)28)22(35)31-16-4-7-18-15(12-16)8-9-30-21(18)29/h2-9,12-13,19-20H,10-11H2,1H3,(H2,29,30)(H,31,35). The Labute approximate surface area is 214 Å². The third-order valence-corrected chi connectivity index (χ3v) is 6.01. The summed E-state index contributed by atoms with van der Waals surface area (Å²) in [5.74, 6) is -4.58. The number of carbonyl (C=O) groups excluding carboxylic acids is 4. The number of hydrogen-bond donors (Lipinski definition) is 2. The number of aromatic nitrogens is 1. The first-order chi connectivity index (χ1) is 18.0. The highest BCUT2D eigenvalue weighted by Gasteiger charge is 2.50. The van der Waals surface area contributed by atoms with Crippen LogP contribution in [0.2, 0.25) is 0 Å². The molecule has 1 aliphatic heterocycles. The summed E-state index contributed by atoms with van der Waals surface area (Å²) in [6.07, 6.45) is -6.11. The first-order valence-electron chi connectivity index (χ1n) is 11.3. The fraction of sp³-hybridized carbons (Fsp3) is 0.240. The minimum absolute atomic E-state index is 0.0127. The van der Waals surface area contributed by atoms with Crippen LogP contribution in [-0.4, -0.2) is 65.5 Å². The predicted octanol–water partition coefficient (Wildman–Crippen LogP) is 2.41. The Balaban J connectivity index is 1.69. The summed E-state index contributed by atoms with van der Waals surface area (Å²) in [7, 11) is 0. The van der Waals surface area contributed by atoms with Gasteiger partial charge in [-0.1, -0.05) is 17.7 Å². The number of nitrogens with one attached hydrogen (secondary N) is 1. The zero-order valence-corrected chi connectivity index (χ0v) is 19.9. The van der Waals surface area contributed by atoms with Crippen LogP contribution in [0.4, 0.5) is 30.4 Å². The highest BCUT2D eigenvalue weighted by Crippen LogP contribution is 2.27. The van der Waals surface area contributed by atoms with Crippen molar-refractivity contribution < 1.29 is 37.1 Å². The van der Waals surface area contributed by atoms with Crippen molar-refractivity contribution in [2.75, 3.05) is 29.0 Å². The molecule has 0 spiro atoms. The van der Waals surface area contributed by atoms with E-state index < -0.39 is 36.1 Å². The van der Waals surface area contributed by atoms with Gasteiger partial charge in [0.25, 0.3) is 11.8 Å². The van der Waals surface area contributed by atoms with Crippen LogP contribution in [0.5, 0.6) is 0 Å². The van der Waals surface area contributed by atoms with Gasteiger partial charge in [-0.2, -0.15) is 13.2 Å². The lowest BCUT2D eigenvalue weighted by Crippen LogP contribution is -2.64.